The van der Waals surface area contributed by atoms with Crippen LogP contribution in [0.1, 0.15) is 71.6 Å². The molecule has 7 heteroatoms. The van der Waals surface area contributed by atoms with Gasteiger partial charge in [0.25, 0.3) is 0 Å². The van der Waals surface area contributed by atoms with Crippen LogP contribution >= 0.6 is 0 Å². The minimum atomic E-state index is -0.418. The van der Waals surface area contributed by atoms with E-state index >= 15 is 0 Å². The van der Waals surface area contributed by atoms with Gasteiger partial charge in [-0.25, -0.2) is 4.79 Å². The van der Waals surface area contributed by atoms with E-state index in [1.807, 2.05) is 56.3 Å². The molecule has 0 aromatic heterocycles. The Morgan fingerprint density at radius 1 is 0.829 bits per heavy atom. The van der Waals surface area contributed by atoms with Crippen molar-refractivity contribution in [3.05, 3.63) is 42.5 Å². The molecule has 0 bridgehead atoms. The van der Waals surface area contributed by atoms with Crippen LogP contribution in [0.15, 0.2) is 42.5 Å². The molecular formula is C28H39NO6. The van der Waals surface area contributed by atoms with Crippen molar-refractivity contribution in [3.63, 3.8) is 0 Å². The second kappa shape index (κ2) is 16.5. The molecule has 1 atom stereocenters. The Bertz CT molecular complexity index is 929. The molecule has 0 saturated heterocycles. The average molecular weight is 486 g/mol. The van der Waals surface area contributed by atoms with E-state index in [0.717, 1.165) is 49.3 Å². The van der Waals surface area contributed by atoms with Crippen molar-refractivity contribution < 1.29 is 28.6 Å². The van der Waals surface area contributed by atoms with Crippen molar-refractivity contribution >= 4 is 28.8 Å². The van der Waals surface area contributed by atoms with Crippen molar-refractivity contribution in [2.45, 2.75) is 71.6 Å². The summed E-state index contributed by atoms with van der Waals surface area (Å²) in [4.78, 5) is 35.3. The highest BCUT2D eigenvalue weighted by atomic mass is 16.6. The average Bonchev–Trinajstić information content (AvgIpc) is 2.86. The van der Waals surface area contributed by atoms with Crippen LogP contribution in [-0.4, -0.2) is 37.8 Å². The smallest absolute Gasteiger partial charge is 0.407 e. The maximum atomic E-state index is 12.1. The maximum Gasteiger partial charge on any atom is 0.407 e. The van der Waals surface area contributed by atoms with Crippen LogP contribution in [0.5, 0.6) is 5.75 Å². The van der Waals surface area contributed by atoms with Gasteiger partial charge in [0, 0.05) is 13.0 Å². The van der Waals surface area contributed by atoms with Crippen molar-refractivity contribution in [2.24, 2.45) is 5.92 Å². The number of carbonyl (C=O) groups is 3. The normalized spacial score (nSPS) is 11.6. The molecule has 0 aliphatic carbocycles. The highest BCUT2D eigenvalue weighted by molar-refractivity contribution is 5.84. The Hall–Kier alpha value is -3.09. The van der Waals surface area contributed by atoms with Gasteiger partial charge in [0.15, 0.2) is 0 Å². The number of esters is 2. The molecule has 0 saturated carbocycles. The summed E-state index contributed by atoms with van der Waals surface area (Å²) in [5, 5.41) is 4.91. The summed E-state index contributed by atoms with van der Waals surface area (Å²) in [7, 11) is 0. The number of carbonyl (C=O) groups excluding carboxylic acids is 3. The highest BCUT2D eigenvalue weighted by Gasteiger charge is 2.11. The summed E-state index contributed by atoms with van der Waals surface area (Å²) in [5.74, 6) is 0.122. The minimum Gasteiger partial charge on any atom is -0.465 e. The Morgan fingerprint density at radius 2 is 1.51 bits per heavy atom. The van der Waals surface area contributed by atoms with E-state index in [-0.39, 0.29) is 17.9 Å². The van der Waals surface area contributed by atoms with E-state index in [1.165, 1.54) is 0 Å². The molecule has 2 rings (SSSR count). The van der Waals surface area contributed by atoms with Crippen LogP contribution in [0.3, 0.4) is 0 Å². The number of ether oxygens (including phenoxy) is 3. The van der Waals surface area contributed by atoms with Gasteiger partial charge >= 0.3 is 18.0 Å². The Balaban J connectivity index is 1.40. The lowest BCUT2D eigenvalue weighted by molar-refractivity contribution is -0.148. The first-order valence-electron chi connectivity index (χ1n) is 12.8. The number of hydrogen-bond acceptors (Lipinski definition) is 6. The van der Waals surface area contributed by atoms with Crippen molar-refractivity contribution in [1.82, 2.24) is 5.32 Å². The van der Waals surface area contributed by atoms with Gasteiger partial charge in [-0.3, -0.25) is 9.59 Å². The first-order valence-corrected chi connectivity index (χ1v) is 12.8. The summed E-state index contributed by atoms with van der Waals surface area (Å²) in [6, 6.07) is 13.6. The number of unbranched alkanes of at least 4 members (excludes halogenated alkanes) is 5. The van der Waals surface area contributed by atoms with Gasteiger partial charge in [-0.1, -0.05) is 63.4 Å². The molecule has 35 heavy (non-hydrogen) atoms. The van der Waals surface area contributed by atoms with Gasteiger partial charge in [0.1, 0.15) is 5.75 Å². The topological polar surface area (TPSA) is 90.9 Å². The van der Waals surface area contributed by atoms with Crippen LogP contribution in [-0.2, 0) is 19.1 Å². The predicted octanol–water partition coefficient (Wildman–Crippen LogP) is 6.18. The number of hydrogen-bond donors (Lipinski definition) is 1. The standard InChI is InChI=1S/C28H39NO6/c1-3-22(2)27(31)33-19-11-12-20-34-28(32)29-18-10-6-4-5-7-15-26(30)35-25-17-16-23-13-8-9-14-24(23)21-25/h8-9,13-14,16-17,21-22H,3-7,10-12,15,18-20H2,1-2H3,(H,29,32). The molecule has 1 amide bonds. The predicted molar refractivity (Wildman–Crippen MR) is 136 cm³/mol. The molecule has 1 N–H and O–H groups in total. The van der Waals surface area contributed by atoms with Crippen molar-refractivity contribution in [3.8, 4) is 5.75 Å². The number of fused-ring (bicyclic) bond motifs is 1. The zero-order valence-corrected chi connectivity index (χ0v) is 21.1. The third kappa shape index (κ3) is 11.7. The lowest BCUT2D eigenvalue weighted by Gasteiger charge is -2.09. The SMILES string of the molecule is CCC(C)C(=O)OCCCCOC(=O)NCCCCCCCC(=O)Oc1ccc2ccccc2c1. The fourth-order valence-electron chi connectivity index (χ4n) is 3.43. The lowest BCUT2D eigenvalue weighted by Crippen LogP contribution is -2.25. The Labute approximate surface area is 208 Å². The van der Waals surface area contributed by atoms with E-state index in [2.05, 4.69) is 5.32 Å². The summed E-state index contributed by atoms with van der Waals surface area (Å²) >= 11 is 0. The fourth-order valence-corrected chi connectivity index (χ4v) is 3.43. The minimum absolute atomic E-state index is 0.0745. The summed E-state index contributed by atoms with van der Waals surface area (Å²) in [6.07, 6.45) is 6.64. The first-order chi connectivity index (χ1) is 17.0. The summed E-state index contributed by atoms with van der Waals surface area (Å²) in [6.45, 7) is 5.03. The molecule has 0 aliphatic heterocycles. The van der Waals surface area contributed by atoms with Gasteiger partial charge in [-0.15, -0.1) is 0 Å². The molecule has 0 heterocycles. The molecule has 0 radical (unpaired) electrons. The van der Waals surface area contributed by atoms with Gasteiger partial charge < -0.3 is 19.5 Å². The molecule has 0 aliphatic rings. The zero-order valence-electron chi connectivity index (χ0n) is 21.1. The van der Waals surface area contributed by atoms with E-state index in [0.29, 0.717) is 44.8 Å². The molecule has 0 spiro atoms. The molecule has 192 valence electrons. The fraction of sp³-hybridized carbons (Fsp3) is 0.536. The van der Waals surface area contributed by atoms with Crippen LogP contribution < -0.4 is 10.1 Å². The molecule has 1 unspecified atom stereocenters. The van der Waals surface area contributed by atoms with Crippen LogP contribution in [0.4, 0.5) is 4.79 Å². The summed E-state index contributed by atoms with van der Waals surface area (Å²) < 4.78 is 15.7. The van der Waals surface area contributed by atoms with E-state index in [1.54, 1.807) is 0 Å². The van der Waals surface area contributed by atoms with Crippen molar-refractivity contribution in [2.75, 3.05) is 19.8 Å². The number of alkyl carbamates (subject to hydrolysis) is 1. The molecular weight excluding hydrogens is 446 g/mol. The second-order valence-corrected chi connectivity index (χ2v) is 8.75. The highest BCUT2D eigenvalue weighted by Crippen LogP contribution is 2.21. The number of amides is 1. The van der Waals surface area contributed by atoms with Crippen LogP contribution in [0.25, 0.3) is 10.8 Å². The zero-order chi connectivity index (χ0) is 25.3. The third-order valence-corrected chi connectivity index (χ3v) is 5.81. The molecule has 7 nitrogen and oxygen atoms in total. The van der Waals surface area contributed by atoms with Gasteiger partial charge in [-0.2, -0.15) is 0 Å². The van der Waals surface area contributed by atoms with E-state index in [4.69, 9.17) is 14.2 Å². The maximum absolute atomic E-state index is 12.1. The molecule has 0 fully saturated rings. The largest absolute Gasteiger partial charge is 0.465 e. The van der Waals surface area contributed by atoms with E-state index in [9.17, 15) is 14.4 Å². The second-order valence-electron chi connectivity index (χ2n) is 8.75. The Morgan fingerprint density at radius 3 is 2.29 bits per heavy atom. The lowest BCUT2D eigenvalue weighted by atomic mass is 10.1. The van der Waals surface area contributed by atoms with Gasteiger partial charge in [0.2, 0.25) is 0 Å². The number of rotatable bonds is 16. The monoisotopic (exact) mass is 485 g/mol. The van der Waals surface area contributed by atoms with Crippen LogP contribution in [0, 0.1) is 5.92 Å². The Kier molecular flexibility index (Phi) is 13.3. The number of nitrogens with one attached hydrogen (secondary N) is 1. The van der Waals surface area contributed by atoms with Gasteiger partial charge in [-0.05, 0) is 55.0 Å². The quantitative estimate of drug-likeness (QED) is 0.173. The molecule has 2 aromatic carbocycles. The number of benzene rings is 2. The van der Waals surface area contributed by atoms with Crippen LogP contribution in [0.2, 0.25) is 0 Å². The van der Waals surface area contributed by atoms with Gasteiger partial charge in [0.05, 0.1) is 19.1 Å². The van der Waals surface area contributed by atoms with E-state index < -0.39 is 6.09 Å². The van der Waals surface area contributed by atoms with Crippen molar-refractivity contribution in [1.29, 1.82) is 0 Å². The first kappa shape index (κ1) is 28.1. The third-order valence-electron chi connectivity index (χ3n) is 5.81. The molecule has 2 aromatic rings. The summed E-state index contributed by atoms with van der Waals surface area (Å²) in [5.41, 5.74) is 0.